The van der Waals surface area contributed by atoms with Crippen LogP contribution in [0.5, 0.6) is 0 Å². The molecule has 23 heavy (non-hydrogen) atoms. The molecule has 1 aliphatic rings. The first kappa shape index (κ1) is 16.3. The van der Waals surface area contributed by atoms with Crippen molar-refractivity contribution in [2.45, 2.75) is 12.8 Å². The standard InChI is InChI=1S/C17H13Cl3N2O/c18-12-3-4-16-11(5-12)6-14(22-16)9-21-17(23)7-10-1-2-13(19)8-15(10)20/h1-5,8H,6-7,9H2,(H,21,23). The summed E-state index contributed by atoms with van der Waals surface area (Å²) in [5, 5.41) is 4.61. The summed E-state index contributed by atoms with van der Waals surface area (Å²) in [4.78, 5) is 16.6. The Morgan fingerprint density at radius 1 is 1.09 bits per heavy atom. The molecule has 6 heteroatoms. The summed E-state index contributed by atoms with van der Waals surface area (Å²) in [6.07, 6.45) is 0.917. The highest BCUT2D eigenvalue weighted by Crippen LogP contribution is 2.29. The van der Waals surface area contributed by atoms with Gasteiger partial charge in [0.15, 0.2) is 0 Å². The minimum Gasteiger partial charge on any atom is -0.350 e. The summed E-state index contributed by atoms with van der Waals surface area (Å²) in [6, 6.07) is 10.7. The van der Waals surface area contributed by atoms with E-state index in [2.05, 4.69) is 10.3 Å². The van der Waals surface area contributed by atoms with Crippen LogP contribution in [0.4, 0.5) is 5.69 Å². The highest BCUT2D eigenvalue weighted by molar-refractivity contribution is 6.35. The number of nitrogens with zero attached hydrogens (tertiary/aromatic N) is 1. The van der Waals surface area contributed by atoms with E-state index in [-0.39, 0.29) is 12.3 Å². The Kier molecular flexibility index (Phi) is 4.90. The van der Waals surface area contributed by atoms with Crippen molar-refractivity contribution in [2.24, 2.45) is 4.99 Å². The molecule has 3 rings (SSSR count). The summed E-state index contributed by atoms with van der Waals surface area (Å²) in [7, 11) is 0. The molecule has 0 aliphatic carbocycles. The fraction of sp³-hybridized carbons (Fsp3) is 0.176. The predicted octanol–water partition coefficient (Wildman–Crippen LogP) is 4.63. The van der Waals surface area contributed by atoms with Crippen molar-refractivity contribution >= 4 is 52.1 Å². The quantitative estimate of drug-likeness (QED) is 0.840. The van der Waals surface area contributed by atoms with E-state index in [0.717, 1.165) is 22.5 Å². The fourth-order valence-corrected chi connectivity index (χ4v) is 3.11. The number of hydrogen-bond donors (Lipinski definition) is 1. The second-order valence-electron chi connectivity index (χ2n) is 5.32. The average Bonchev–Trinajstić information content (AvgIpc) is 2.90. The molecule has 2 aromatic rings. The van der Waals surface area contributed by atoms with Gasteiger partial charge in [-0.1, -0.05) is 40.9 Å². The van der Waals surface area contributed by atoms with Gasteiger partial charge >= 0.3 is 0 Å². The molecule has 0 bridgehead atoms. The number of halogens is 3. The first-order chi connectivity index (χ1) is 11.0. The molecule has 0 radical (unpaired) electrons. The van der Waals surface area contributed by atoms with Gasteiger partial charge in [-0.2, -0.15) is 0 Å². The van der Waals surface area contributed by atoms with E-state index in [4.69, 9.17) is 34.8 Å². The van der Waals surface area contributed by atoms with Crippen LogP contribution in [0.25, 0.3) is 0 Å². The summed E-state index contributed by atoms with van der Waals surface area (Å²) < 4.78 is 0. The van der Waals surface area contributed by atoms with Crippen LogP contribution in [0, 0.1) is 0 Å². The van der Waals surface area contributed by atoms with Crippen molar-refractivity contribution in [3.63, 3.8) is 0 Å². The monoisotopic (exact) mass is 366 g/mol. The van der Waals surface area contributed by atoms with Gasteiger partial charge in [0.2, 0.25) is 5.91 Å². The van der Waals surface area contributed by atoms with Gasteiger partial charge in [-0.05, 0) is 41.5 Å². The highest BCUT2D eigenvalue weighted by Gasteiger charge is 2.16. The zero-order chi connectivity index (χ0) is 16.4. The van der Waals surface area contributed by atoms with Crippen molar-refractivity contribution in [3.05, 3.63) is 62.6 Å². The minimum absolute atomic E-state index is 0.106. The van der Waals surface area contributed by atoms with Gasteiger partial charge in [-0.3, -0.25) is 9.79 Å². The molecular weight excluding hydrogens is 355 g/mol. The van der Waals surface area contributed by atoms with Crippen molar-refractivity contribution < 1.29 is 4.79 Å². The van der Waals surface area contributed by atoms with E-state index in [1.54, 1.807) is 18.2 Å². The molecule has 0 spiro atoms. The third-order valence-corrected chi connectivity index (χ3v) is 4.39. The van der Waals surface area contributed by atoms with E-state index in [1.165, 1.54) is 0 Å². The van der Waals surface area contributed by atoms with Gasteiger partial charge in [0.1, 0.15) is 0 Å². The molecule has 0 saturated carbocycles. The molecule has 0 saturated heterocycles. The van der Waals surface area contributed by atoms with E-state index in [9.17, 15) is 4.79 Å². The molecule has 1 heterocycles. The van der Waals surface area contributed by atoms with Gasteiger partial charge in [0, 0.05) is 27.2 Å². The lowest BCUT2D eigenvalue weighted by Crippen LogP contribution is -2.30. The van der Waals surface area contributed by atoms with Gasteiger partial charge < -0.3 is 5.32 Å². The SMILES string of the molecule is O=C(Cc1ccc(Cl)cc1Cl)NCC1=Nc2ccc(Cl)cc2C1. The first-order valence-corrected chi connectivity index (χ1v) is 8.20. The van der Waals surface area contributed by atoms with E-state index >= 15 is 0 Å². The van der Waals surface area contributed by atoms with E-state index in [1.807, 2.05) is 18.2 Å². The van der Waals surface area contributed by atoms with Crippen molar-refractivity contribution in [1.29, 1.82) is 0 Å². The molecule has 0 atom stereocenters. The molecule has 0 fully saturated rings. The smallest absolute Gasteiger partial charge is 0.224 e. The molecule has 2 aromatic carbocycles. The Labute approximate surface area is 149 Å². The van der Waals surface area contributed by atoms with Crippen LogP contribution in [-0.2, 0) is 17.6 Å². The lowest BCUT2D eigenvalue weighted by molar-refractivity contribution is -0.120. The van der Waals surface area contributed by atoms with Gasteiger partial charge in [-0.15, -0.1) is 0 Å². The van der Waals surface area contributed by atoms with Gasteiger partial charge in [0.25, 0.3) is 0 Å². The Morgan fingerprint density at radius 3 is 2.61 bits per heavy atom. The Bertz CT molecular complexity index is 802. The largest absolute Gasteiger partial charge is 0.350 e. The highest BCUT2D eigenvalue weighted by atomic mass is 35.5. The molecule has 1 amide bonds. The maximum absolute atomic E-state index is 12.1. The normalized spacial score (nSPS) is 12.7. The number of carbonyl (C=O) groups is 1. The lowest BCUT2D eigenvalue weighted by Gasteiger charge is -2.07. The van der Waals surface area contributed by atoms with E-state index in [0.29, 0.717) is 28.0 Å². The van der Waals surface area contributed by atoms with Crippen LogP contribution in [-0.4, -0.2) is 18.2 Å². The van der Waals surface area contributed by atoms with E-state index < -0.39 is 0 Å². The first-order valence-electron chi connectivity index (χ1n) is 7.07. The Hall–Kier alpha value is -1.55. The Morgan fingerprint density at radius 2 is 1.83 bits per heavy atom. The predicted molar refractivity (Wildman–Crippen MR) is 95.4 cm³/mol. The van der Waals surface area contributed by atoms with Crippen molar-refractivity contribution in [3.8, 4) is 0 Å². The maximum Gasteiger partial charge on any atom is 0.224 e. The lowest BCUT2D eigenvalue weighted by atomic mass is 10.1. The van der Waals surface area contributed by atoms with Crippen LogP contribution in [0.15, 0.2) is 41.4 Å². The number of carbonyl (C=O) groups excluding carboxylic acids is 1. The second kappa shape index (κ2) is 6.91. The third kappa shape index (κ3) is 4.05. The summed E-state index contributed by atoms with van der Waals surface area (Å²) in [5.41, 5.74) is 3.66. The van der Waals surface area contributed by atoms with Crippen LogP contribution in [0.1, 0.15) is 11.1 Å². The number of nitrogens with one attached hydrogen (secondary N) is 1. The Balaban J connectivity index is 1.56. The summed E-state index contributed by atoms with van der Waals surface area (Å²) >= 11 is 17.9. The van der Waals surface area contributed by atoms with Crippen LogP contribution < -0.4 is 5.32 Å². The molecule has 1 N–H and O–H groups in total. The summed E-state index contributed by atoms with van der Waals surface area (Å²) in [5.74, 6) is -0.106. The molecule has 118 valence electrons. The molecule has 3 nitrogen and oxygen atoms in total. The maximum atomic E-state index is 12.1. The number of rotatable bonds is 4. The molecule has 0 aromatic heterocycles. The third-order valence-electron chi connectivity index (χ3n) is 3.57. The molecule has 1 aliphatic heterocycles. The van der Waals surface area contributed by atoms with Crippen LogP contribution in [0.2, 0.25) is 15.1 Å². The average molecular weight is 368 g/mol. The molecular formula is C17H13Cl3N2O. The van der Waals surface area contributed by atoms with Crippen molar-refractivity contribution in [1.82, 2.24) is 5.32 Å². The zero-order valence-electron chi connectivity index (χ0n) is 12.1. The van der Waals surface area contributed by atoms with Gasteiger partial charge in [-0.25, -0.2) is 0 Å². The number of fused-ring (bicyclic) bond motifs is 1. The summed E-state index contributed by atoms with van der Waals surface area (Å²) in [6.45, 7) is 0.413. The number of benzene rings is 2. The zero-order valence-corrected chi connectivity index (χ0v) is 14.3. The number of hydrogen-bond acceptors (Lipinski definition) is 2. The van der Waals surface area contributed by atoms with Gasteiger partial charge in [0.05, 0.1) is 18.7 Å². The van der Waals surface area contributed by atoms with Crippen LogP contribution >= 0.6 is 34.8 Å². The number of amides is 1. The van der Waals surface area contributed by atoms with Crippen molar-refractivity contribution in [2.75, 3.05) is 6.54 Å². The molecule has 0 unspecified atom stereocenters. The fourth-order valence-electron chi connectivity index (χ4n) is 2.44. The second-order valence-corrected chi connectivity index (χ2v) is 6.60. The number of aliphatic imine (C=N–C) groups is 1. The topological polar surface area (TPSA) is 41.5 Å². The minimum atomic E-state index is -0.106. The van der Waals surface area contributed by atoms with Crippen LogP contribution in [0.3, 0.4) is 0 Å².